The molecule has 0 bridgehead atoms. The quantitative estimate of drug-likeness (QED) is 0.839. The van der Waals surface area contributed by atoms with Crippen LogP contribution in [0.25, 0.3) is 0 Å². The zero-order chi connectivity index (χ0) is 14.1. The Morgan fingerprint density at radius 1 is 1.20 bits per heavy atom. The van der Waals surface area contributed by atoms with Gasteiger partial charge in [-0.2, -0.15) is 0 Å². The molecular formula is C17H24N2O. The first-order valence-electron chi connectivity index (χ1n) is 8.02. The van der Waals surface area contributed by atoms with Gasteiger partial charge in [-0.15, -0.1) is 0 Å². The third-order valence-electron chi connectivity index (χ3n) is 5.25. The van der Waals surface area contributed by atoms with E-state index in [2.05, 4.69) is 16.9 Å². The Labute approximate surface area is 121 Å². The second-order valence-electron chi connectivity index (χ2n) is 6.49. The molecule has 0 aliphatic heterocycles. The number of carbonyl (C=O) groups is 1. The summed E-state index contributed by atoms with van der Waals surface area (Å²) in [6.45, 7) is 4.24. The highest BCUT2D eigenvalue weighted by atomic mass is 16.1. The molecule has 2 aliphatic rings. The Morgan fingerprint density at radius 2 is 1.90 bits per heavy atom. The smallest absolute Gasteiger partial charge is 0.139 e. The van der Waals surface area contributed by atoms with E-state index in [1.807, 2.05) is 6.92 Å². The molecule has 2 fully saturated rings. The molecule has 1 aromatic rings. The summed E-state index contributed by atoms with van der Waals surface area (Å²) in [7, 11) is 0. The fraction of sp³-hybridized carbons (Fsp3) is 0.706. The first kappa shape index (κ1) is 13.7. The van der Waals surface area contributed by atoms with Gasteiger partial charge in [-0.1, -0.05) is 13.3 Å². The lowest BCUT2D eigenvalue weighted by Gasteiger charge is -2.28. The number of Topliss-reactive ketones (excluding diaryl/α,β-unsaturated/α-hetero) is 1. The number of hydrogen-bond donors (Lipinski definition) is 0. The number of carbonyl (C=O) groups excluding carboxylic acids is 1. The van der Waals surface area contributed by atoms with Gasteiger partial charge in [0.05, 0.1) is 11.4 Å². The molecule has 0 aromatic carbocycles. The number of hydrogen-bond acceptors (Lipinski definition) is 3. The van der Waals surface area contributed by atoms with Crippen molar-refractivity contribution in [2.45, 2.75) is 58.3 Å². The van der Waals surface area contributed by atoms with E-state index >= 15 is 0 Å². The predicted octanol–water partition coefficient (Wildman–Crippen LogP) is 3.67. The summed E-state index contributed by atoms with van der Waals surface area (Å²) in [5.74, 6) is 2.49. The molecule has 3 heteroatoms. The molecule has 2 unspecified atom stereocenters. The average Bonchev–Trinajstić information content (AvgIpc) is 3.27. The van der Waals surface area contributed by atoms with Gasteiger partial charge in [-0.25, -0.2) is 0 Å². The van der Waals surface area contributed by atoms with Crippen LogP contribution in [0.5, 0.6) is 0 Å². The SMILES string of the molecule is CCC1CC1C(=O)C1CCC(c2nccnc2C)CC1. The molecule has 0 N–H and O–H groups in total. The van der Waals surface area contributed by atoms with Crippen LogP contribution >= 0.6 is 0 Å². The molecule has 0 saturated heterocycles. The van der Waals surface area contributed by atoms with E-state index in [4.69, 9.17) is 0 Å². The summed E-state index contributed by atoms with van der Waals surface area (Å²) in [5, 5.41) is 0. The predicted molar refractivity (Wildman–Crippen MR) is 78.4 cm³/mol. The van der Waals surface area contributed by atoms with Gasteiger partial charge in [0.25, 0.3) is 0 Å². The third-order valence-corrected chi connectivity index (χ3v) is 5.25. The van der Waals surface area contributed by atoms with Crippen LogP contribution < -0.4 is 0 Å². The first-order valence-corrected chi connectivity index (χ1v) is 8.02. The van der Waals surface area contributed by atoms with E-state index in [9.17, 15) is 4.79 Å². The van der Waals surface area contributed by atoms with Crippen molar-refractivity contribution in [2.75, 3.05) is 0 Å². The molecule has 1 heterocycles. The third kappa shape index (κ3) is 2.63. The first-order chi connectivity index (χ1) is 9.70. The molecule has 0 spiro atoms. The standard InChI is InChI=1S/C17H24N2O/c1-3-12-10-15(12)17(20)14-6-4-13(5-7-14)16-11(2)18-8-9-19-16/h8-9,12-15H,3-7,10H2,1-2H3. The maximum absolute atomic E-state index is 12.4. The van der Waals surface area contributed by atoms with Crippen LogP contribution in [0.2, 0.25) is 0 Å². The van der Waals surface area contributed by atoms with Crippen LogP contribution in [-0.4, -0.2) is 15.8 Å². The van der Waals surface area contributed by atoms with Crippen molar-refractivity contribution in [3.8, 4) is 0 Å². The van der Waals surface area contributed by atoms with Gasteiger partial charge in [-0.3, -0.25) is 14.8 Å². The van der Waals surface area contributed by atoms with Gasteiger partial charge >= 0.3 is 0 Å². The fourth-order valence-corrected chi connectivity index (χ4v) is 3.82. The maximum atomic E-state index is 12.4. The van der Waals surface area contributed by atoms with Crippen molar-refractivity contribution in [1.82, 2.24) is 9.97 Å². The normalized spacial score (nSPS) is 32.9. The van der Waals surface area contributed by atoms with E-state index in [1.165, 1.54) is 6.42 Å². The number of ketones is 1. The van der Waals surface area contributed by atoms with Crippen LogP contribution in [0, 0.1) is 24.7 Å². The largest absolute Gasteiger partial charge is 0.299 e. The van der Waals surface area contributed by atoms with E-state index in [1.54, 1.807) is 12.4 Å². The van der Waals surface area contributed by atoms with Crippen molar-refractivity contribution in [1.29, 1.82) is 0 Å². The Bertz CT molecular complexity index is 492. The summed E-state index contributed by atoms with van der Waals surface area (Å²) in [6, 6.07) is 0. The van der Waals surface area contributed by atoms with Gasteiger partial charge in [0, 0.05) is 30.1 Å². The summed E-state index contributed by atoms with van der Waals surface area (Å²) in [5.41, 5.74) is 2.20. The topological polar surface area (TPSA) is 42.9 Å². The van der Waals surface area contributed by atoms with Gasteiger partial charge < -0.3 is 0 Å². The minimum absolute atomic E-state index is 0.324. The fourth-order valence-electron chi connectivity index (χ4n) is 3.82. The van der Waals surface area contributed by atoms with Crippen molar-refractivity contribution in [3.63, 3.8) is 0 Å². The number of aryl methyl sites for hydroxylation is 1. The highest BCUT2D eigenvalue weighted by Gasteiger charge is 2.44. The summed E-state index contributed by atoms with van der Waals surface area (Å²) < 4.78 is 0. The molecule has 1 aromatic heterocycles. The lowest BCUT2D eigenvalue weighted by Crippen LogP contribution is -2.23. The monoisotopic (exact) mass is 272 g/mol. The van der Waals surface area contributed by atoms with Gasteiger partial charge in [-0.05, 0) is 44.9 Å². The Kier molecular flexibility index (Phi) is 3.86. The number of aromatic nitrogens is 2. The highest BCUT2D eigenvalue weighted by Crippen LogP contribution is 2.46. The second kappa shape index (κ2) is 5.63. The van der Waals surface area contributed by atoms with E-state index in [0.717, 1.165) is 43.5 Å². The molecule has 108 valence electrons. The lowest BCUT2D eigenvalue weighted by molar-refractivity contribution is -0.125. The van der Waals surface area contributed by atoms with Gasteiger partial charge in [0.1, 0.15) is 5.78 Å². The molecule has 2 aliphatic carbocycles. The average molecular weight is 272 g/mol. The van der Waals surface area contributed by atoms with Crippen LogP contribution in [0.15, 0.2) is 12.4 Å². The lowest BCUT2D eigenvalue weighted by atomic mass is 9.77. The van der Waals surface area contributed by atoms with Gasteiger partial charge in [0.15, 0.2) is 0 Å². The molecule has 3 rings (SSSR count). The molecular weight excluding hydrogens is 248 g/mol. The molecule has 0 amide bonds. The zero-order valence-electron chi connectivity index (χ0n) is 12.5. The van der Waals surface area contributed by atoms with E-state index in [0.29, 0.717) is 29.5 Å². The van der Waals surface area contributed by atoms with Crippen LogP contribution in [0.4, 0.5) is 0 Å². The van der Waals surface area contributed by atoms with E-state index < -0.39 is 0 Å². The van der Waals surface area contributed by atoms with Crippen molar-refractivity contribution < 1.29 is 4.79 Å². The zero-order valence-corrected chi connectivity index (χ0v) is 12.5. The van der Waals surface area contributed by atoms with E-state index in [-0.39, 0.29) is 0 Å². The van der Waals surface area contributed by atoms with Crippen molar-refractivity contribution >= 4 is 5.78 Å². The second-order valence-corrected chi connectivity index (χ2v) is 6.49. The minimum Gasteiger partial charge on any atom is -0.299 e. The molecule has 20 heavy (non-hydrogen) atoms. The van der Waals surface area contributed by atoms with Crippen molar-refractivity contribution in [3.05, 3.63) is 23.8 Å². The molecule has 2 saturated carbocycles. The Morgan fingerprint density at radius 3 is 2.50 bits per heavy atom. The minimum atomic E-state index is 0.324. The summed E-state index contributed by atoms with van der Waals surface area (Å²) in [6.07, 6.45) is 10.2. The molecule has 0 radical (unpaired) electrons. The molecule has 2 atom stereocenters. The Balaban J connectivity index is 1.57. The van der Waals surface area contributed by atoms with Crippen LogP contribution in [-0.2, 0) is 4.79 Å². The summed E-state index contributed by atoms with van der Waals surface area (Å²) >= 11 is 0. The summed E-state index contributed by atoms with van der Waals surface area (Å²) in [4.78, 5) is 21.2. The van der Waals surface area contributed by atoms with Gasteiger partial charge in [0.2, 0.25) is 0 Å². The molecule has 3 nitrogen and oxygen atoms in total. The Hall–Kier alpha value is -1.25. The highest BCUT2D eigenvalue weighted by molar-refractivity contribution is 5.86. The maximum Gasteiger partial charge on any atom is 0.139 e. The number of nitrogens with zero attached hydrogens (tertiary/aromatic N) is 2. The van der Waals surface area contributed by atoms with Crippen LogP contribution in [0.1, 0.15) is 62.8 Å². The van der Waals surface area contributed by atoms with Crippen molar-refractivity contribution in [2.24, 2.45) is 17.8 Å². The van der Waals surface area contributed by atoms with Crippen LogP contribution in [0.3, 0.4) is 0 Å². The number of rotatable bonds is 4.